The molecule has 1 atom stereocenters. The van der Waals surface area contributed by atoms with Crippen LogP contribution in [0, 0.1) is 13.8 Å². The van der Waals surface area contributed by atoms with E-state index in [1.807, 2.05) is 0 Å². The molecular weight excluding hydrogens is 230 g/mol. The van der Waals surface area contributed by atoms with Gasteiger partial charge in [0.15, 0.2) is 0 Å². The maximum absolute atomic E-state index is 4.60. The van der Waals surface area contributed by atoms with E-state index < -0.39 is 0 Å². The Bertz CT molecular complexity index is 371. The molecule has 1 saturated carbocycles. The van der Waals surface area contributed by atoms with E-state index in [-0.39, 0.29) is 0 Å². The monoisotopic (exact) mass is 253 g/mol. The van der Waals surface area contributed by atoms with Crippen LogP contribution in [0.1, 0.15) is 41.4 Å². The lowest BCUT2D eigenvalue weighted by atomic mass is 10.2. The van der Waals surface area contributed by atoms with Gasteiger partial charge >= 0.3 is 0 Å². The summed E-state index contributed by atoms with van der Waals surface area (Å²) in [6.07, 6.45) is 2.77. The highest BCUT2D eigenvalue weighted by atomic mass is 32.1. The largest absolute Gasteiger partial charge is 0.308 e. The molecule has 0 saturated heterocycles. The summed E-state index contributed by atoms with van der Waals surface area (Å²) in [6, 6.07) is 1.22. The summed E-state index contributed by atoms with van der Waals surface area (Å²) in [6.45, 7) is 8.63. The number of aryl methyl sites for hydroxylation is 2. The number of likely N-dealkylation sites (N-methyl/N-ethyl adjacent to an activating group) is 1. The van der Waals surface area contributed by atoms with Gasteiger partial charge in [-0.25, -0.2) is 4.98 Å². The summed E-state index contributed by atoms with van der Waals surface area (Å²) in [4.78, 5) is 8.40. The lowest BCUT2D eigenvalue weighted by Crippen LogP contribution is -2.32. The highest BCUT2D eigenvalue weighted by Gasteiger charge is 2.25. The molecule has 0 bridgehead atoms. The number of hydrogen-bond donors (Lipinski definition) is 1. The summed E-state index contributed by atoms with van der Waals surface area (Å²) < 4.78 is 0. The summed E-state index contributed by atoms with van der Waals surface area (Å²) in [5.41, 5.74) is 1.22. The van der Waals surface area contributed by atoms with Gasteiger partial charge in [-0.1, -0.05) is 0 Å². The Morgan fingerprint density at radius 3 is 2.71 bits per heavy atom. The molecular formula is C13H23N3S. The van der Waals surface area contributed by atoms with Crippen LogP contribution in [0.5, 0.6) is 0 Å². The molecule has 0 aromatic carbocycles. The molecule has 3 nitrogen and oxygen atoms in total. The molecule has 0 aliphatic heterocycles. The van der Waals surface area contributed by atoms with Crippen LogP contribution in [-0.2, 0) is 0 Å². The normalized spacial score (nSPS) is 17.7. The summed E-state index contributed by atoms with van der Waals surface area (Å²) in [5.74, 6) is 0. The number of aromatic nitrogens is 1. The molecule has 96 valence electrons. The van der Waals surface area contributed by atoms with Crippen molar-refractivity contribution in [2.24, 2.45) is 0 Å². The highest BCUT2D eigenvalue weighted by molar-refractivity contribution is 7.11. The number of rotatable bonds is 6. The zero-order chi connectivity index (χ0) is 12.4. The van der Waals surface area contributed by atoms with Crippen molar-refractivity contribution in [2.75, 3.05) is 20.1 Å². The van der Waals surface area contributed by atoms with Gasteiger partial charge in [-0.2, -0.15) is 0 Å². The van der Waals surface area contributed by atoms with Gasteiger partial charge in [0.1, 0.15) is 0 Å². The van der Waals surface area contributed by atoms with E-state index in [1.165, 1.54) is 28.4 Å². The fourth-order valence-corrected chi connectivity index (χ4v) is 3.11. The van der Waals surface area contributed by atoms with Gasteiger partial charge in [0.2, 0.25) is 0 Å². The van der Waals surface area contributed by atoms with Crippen molar-refractivity contribution in [3.63, 3.8) is 0 Å². The predicted octanol–water partition coefficient (Wildman–Crippen LogP) is 2.50. The lowest BCUT2D eigenvalue weighted by Gasteiger charge is -2.18. The van der Waals surface area contributed by atoms with Crippen LogP contribution in [0.15, 0.2) is 0 Å². The van der Waals surface area contributed by atoms with Gasteiger partial charge in [-0.15, -0.1) is 11.3 Å². The van der Waals surface area contributed by atoms with Crippen molar-refractivity contribution in [1.29, 1.82) is 0 Å². The average molecular weight is 253 g/mol. The molecule has 4 heteroatoms. The third-order valence-electron chi connectivity index (χ3n) is 3.43. The highest BCUT2D eigenvalue weighted by Crippen LogP contribution is 2.25. The van der Waals surface area contributed by atoms with E-state index in [1.54, 1.807) is 11.3 Å². The van der Waals surface area contributed by atoms with E-state index in [0.29, 0.717) is 6.04 Å². The topological polar surface area (TPSA) is 28.2 Å². The SMILES string of the molecule is Cc1nc(C(C)NCCN(C)C2CC2)c(C)s1. The summed E-state index contributed by atoms with van der Waals surface area (Å²) in [5, 5.41) is 4.74. The Kier molecular flexibility index (Phi) is 4.17. The molecule has 1 aromatic heterocycles. The number of thiazole rings is 1. The van der Waals surface area contributed by atoms with Crippen LogP contribution in [0.25, 0.3) is 0 Å². The molecule has 1 aliphatic carbocycles. The van der Waals surface area contributed by atoms with E-state index >= 15 is 0 Å². The maximum atomic E-state index is 4.60. The molecule has 17 heavy (non-hydrogen) atoms. The van der Waals surface area contributed by atoms with Gasteiger partial charge < -0.3 is 10.2 Å². The maximum Gasteiger partial charge on any atom is 0.0900 e. The Morgan fingerprint density at radius 1 is 1.47 bits per heavy atom. The summed E-state index contributed by atoms with van der Waals surface area (Å²) >= 11 is 1.79. The molecule has 1 heterocycles. The average Bonchev–Trinajstić information content (AvgIpc) is 3.04. The standard InChI is InChI=1S/C13H23N3S/c1-9(13-10(2)17-11(3)15-13)14-7-8-16(4)12-5-6-12/h9,12,14H,5-8H2,1-4H3. The fraction of sp³-hybridized carbons (Fsp3) is 0.769. The van der Waals surface area contributed by atoms with E-state index in [9.17, 15) is 0 Å². The minimum atomic E-state index is 0.368. The lowest BCUT2D eigenvalue weighted by molar-refractivity contribution is 0.316. The van der Waals surface area contributed by atoms with Crippen LogP contribution >= 0.6 is 11.3 Å². The molecule has 0 spiro atoms. The first-order valence-corrected chi connectivity index (χ1v) is 7.27. The second-order valence-corrected chi connectivity index (χ2v) is 6.47. The van der Waals surface area contributed by atoms with Crippen molar-refractivity contribution in [3.8, 4) is 0 Å². The first-order chi connectivity index (χ1) is 8.08. The molecule has 0 radical (unpaired) electrons. The minimum Gasteiger partial charge on any atom is -0.308 e. The third kappa shape index (κ3) is 3.50. The molecule has 1 fully saturated rings. The van der Waals surface area contributed by atoms with Crippen molar-refractivity contribution in [2.45, 2.75) is 45.7 Å². The fourth-order valence-electron chi connectivity index (χ4n) is 2.20. The smallest absolute Gasteiger partial charge is 0.0900 e. The van der Waals surface area contributed by atoms with Crippen LogP contribution in [0.3, 0.4) is 0 Å². The zero-order valence-corrected chi connectivity index (χ0v) is 12.1. The zero-order valence-electron chi connectivity index (χ0n) is 11.3. The number of hydrogen-bond acceptors (Lipinski definition) is 4. The first-order valence-electron chi connectivity index (χ1n) is 6.45. The minimum absolute atomic E-state index is 0.368. The Morgan fingerprint density at radius 2 is 2.18 bits per heavy atom. The van der Waals surface area contributed by atoms with Crippen LogP contribution in [-0.4, -0.2) is 36.1 Å². The van der Waals surface area contributed by atoms with Gasteiger partial charge in [0, 0.05) is 30.1 Å². The number of nitrogens with one attached hydrogen (secondary N) is 1. The molecule has 1 unspecified atom stereocenters. The first kappa shape index (κ1) is 13.0. The Balaban J connectivity index is 1.76. The van der Waals surface area contributed by atoms with Crippen LogP contribution < -0.4 is 5.32 Å². The second-order valence-electron chi connectivity index (χ2n) is 5.06. The van der Waals surface area contributed by atoms with Crippen molar-refractivity contribution < 1.29 is 0 Å². The molecule has 1 aromatic rings. The predicted molar refractivity (Wildman–Crippen MR) is 73.7 cm³/mol. The Labute approximate surface area is 108 Å². The van der Waals surface area contributed by atoms with Crippen LogP contribution in [0.4, 0.5) is 0 Å². The van der Waals surface area contributed by atoms with Gasteiger partial charge in [-0.05, 0) is 40.7 Å². The third-order valence-corrected chi connectivity index (χ3v) is 4.34. The van der Waals surface area contributed by atoms with Crippen LogP contribution in [0.2, 0.25) is 0 Å². The molecule has 0 amide bonds. The quantitative estimate of drug-likeness (QED) is 0.844. The van der Waals surface area contributed by atoms with Crippen molar-refractivity contribution >= 4 is 11.3 Å². The molecule has 1 N–H and O–H groups in total. The number of nitrogens with zero attached hydrogens (tertiary/aromatic N) is 2. The van der Waals surface area contributed by atoms with Crippen molar-refractivity contribution in [1.82, 2.24) is 15.2 Å². The van der Waals surface area contributed by atoms with Gasteiger partial charge in [0.05, 0.1) is 10.7 Å². The molecule has 1 aliphatic rings. The van der Waals surface area contributed by atoms with Gasteiger partial charge in [-0.3, -0.25) is 0 Å². The second kappa shape index (κ2) is 5.46. The van der Waals surface area contributed by atoms with E-state index in [4.69, 9.17) is 0 Å². The van der Waals surface area contributed by atoms with Crippen molar-refractivity contribution in [3.05, 3.63) is 15.6 Å². The van der Waals surface area contributed by atoms with Gasteiger partial charge in [0.25, 0.3) is 0 Å². The summed E-state index contributed by atoms with van der Waals surface area (Å²) in [7, 11) is 2.22. The Hall–Kier alpha value is -0.450. The molecule has 2 rings (SSSR count). The van der Waals surface area contributed by atoms with E-state index in [0.717, 1.165) is 19.1 Å². The van der Waals surface area contributed by atoms with E-state index in [2.05, 4.69) is 43.0 Å².